The highest BCUT2D eigenvalue weighted by atomic mass is 31.1. The Morgan fingerprint density at radius 2 is 1.00 bits per heavy atom. The first-order chi connectivity index (χ1) is 8.27. The van der Waals surface area contributed by atoms with Crippen LogP contribution in [0.4, 0.5) is 0 Å². The highest BCUT2D eigenvalue weighted by Crippen LogP contribution is 2.45. The molecule has 0 amide bonds. The van der Waals surface area contributed by atoms with Gasteiger partial charge in [0, 0.05) is 0 Å². The Bertz CT molecular complexity index is 392. The molecule has 0 bridgehead atoms. The van der Waals surface area contributed by atoms with Crippen LogP contribution in [-0.2, 0) is 0 Å². The summed E-state index contributed by atoms with van der Waals surface area (Å²) in [5, 5.41) is 0. The SMILES string of the molecule is CC(PC(C)c1ccccc1)c1ccccc1. The molecule has 2 aromatic rings. The molecule has 0 spiro atoms. The molecule has 88 valence electrons. The second-order valence-corrected chi connectivity index (χ2v) is 6.50. The largest absolute Gasteiger partial charge is 0.107 e. The van der Waals surface area contributed by atoms with Crippen LogP contribution < -0.4 is 0 Å². The highest BCUT2D eigenvalue weighted by Gasteiger charge is 2.11. The highest BCUT2D eigenvalue weighted by molar-refractivity contribution is 7.38. The molecule has 2 aromatic carbocycles. The van der Waals surface area contributed by atoms with Crippen LogP contribution >= 0.6 is 8.58 Å². The summed E-state index contributed by atoms with van der Waals surface area (Å²) >= 11 is 0. The van der Waals surface area contributed by atoms with Crippen LogP contribution in [0, 0.1) is 0 Å². The zero-order chi connectivity index (χ0) is 12.1. The average molecular weight is 242 g/mol. The number of hydrogen-bond acceptors (Lipinski definition) is 0. The average Bonchev–Trinajstić information content (AvgIpc) is 2.40. The van der Waals surface area contributed by atoms with Crippen molar-refractivity contribution < 1.29 is 0 Å². The van der Waals surface area contributed by atoms with Gasteiger partial charge in [0.1, 0.15) is 0 Å². The van der Waals surface area contributed by atoms with Crippen LogP contribution in [-0.4, -0.2) is 0 Å². The Kier molecular flexibility index (Phi) is 4.34. The molecule has 0 fully saturated rings. The molecule has 1 heteroatoms. The van der Waals surface area contributed by atoms with E-state index in [9.17, 15) is 0 Å². The fourth-order valence-corrected chi connectivity index (χ4v) is 3.57. The molecule has 0 aliphatic rings. The van der Waals surface area contributed by atoms with Gasteiger partial charge in [-0.15, -0.1) is 8.58 Å². The summed E-state index contributed by atoms with van der Waals surface area (Å²) in [6.45, 7) is 4.65. The first-order valence-corrected chi connectivity index (χ1v) is 7.29. The van der Waals surface area contributed by atoms with E-state index in [4.69, 9.17) is 0 Å². The second kappa shape index (κ2) is 5.98. The number of benzene rings is 2. The van der Waals surface area contributed by atoms with E-state index in [-0.39, 0.29) is 0 Å². The first-order valence-electron chi connectivity index (χ1n) is 6.13. The summed E-state index contributed by atoms with van der Waals surface area (Å²) in [7, 11) is 0.935. The molecular weight excluding hydrogens is 223 g/mol. The first kappa shape index (κ1) is 12.3. The lowest BCUT2D eigenvalue weighted by atomic mass is 10.2. The maximum Gasteiger partial charge on any atom is -0.000878 e. The predicted octanol–water partition coefficient (Wildman–Crippen LogP) is 5.19. The summed E-state index contributed by atoms with van der Waals surface area (Å²) in [6, 6.07) is 21.6. The minimum absolute atomic E-state index is 0.645. The van der Waals surface area contributed by atoms with Crippen molar-refractivity contribution in [3.05, 3.63) is 71.8 Å². The van der Waals surface area contributed by atoms with E-state index >= 15 is 0 Å². The Hall–Kier alpha value is -1.13. The topological polar surface area (TPSA) is 0 Å². The van der Waals surface area contributed by atoms with Gasteiger partial charge in [-0.25, -0.2) is 0 Å². The third kappa shape index (κ3) is 3.41. The fourth-order valence-electron chi connectivity index (χ4n) is 2.05. The van der Waals surface area contributed by atoms with Gasteiger partial charge in [0.05, 0.1) is 0 Å². The van der Waals surface area contributed by atoms with Crippen LogP contribution in [0.5, 0.6) is 0 Å². The summed E-state index contributed by atoms with van der Waals surface area (Å²) in [5.41, 5.74) is 4.19. The van der Waals surface area contributed by atoms with E-state index in [1.54, 1.807) is 0 Å². The zero-order valence-electron chi connectivity index (χ0n) is 10.4. The van der Waals surface area contributed by atoms with Crippen LogP contribution in [0.3, 0.4) is 0 Å². The maximum absolute atomic E-state index is 2.33. The van der Waals surface area contributed by atoms with Crippen molar-refractivity contribution in [3.63, 3.8) is 0 Å². The zero-order valence-corrected chi connectivity index (χ0v) is 11.4. The van der Waals surface area contributed by atoms with Crippen molar-refractivity contribution in [1.82, 2.24) is 0 Å². The number of hydrogen-bond donors (Lipinski definition) is 0. The van der Waals surface area contributed by atoms with Crippen molar-refractivity contribution in [2.24, 2.45) is 0 Å². The van der Waals surface area contributed by atoms with E-state index in [0.717, 1.165) is 8.58 Å². The van der Waals surface area contributed by atoms with Crippen molar-refractivity contribution in [1.29, 1.82) is 0 Å². The van der Waals surface area contributed by atoms with Crippen molar-refractivity contribution in [3.8, 4) is 0 Å². The summed E-state index contributed by atoms with van der Waals surface area (Å²) in [4.78, 5) is 0. The minimum Gasteiger partial charge on any atom is -0.107 e. The second-order valence-electron chi connectivity index (χ2n) is 4.43. The lowest BCUT2D eigenvalue weighted by Crippen LogP contribution is -1.91. The third-order valence-electron chi connectivity index (χ3n) is 3.10. The quantitative estimate of drug-likeness (QED) is 0.647. The summed E-state index contributed by atoms with van der Waals surface area (Å²) < 4.78 is 0. The lowest BCUT2D eigenvalue weighted by molar-refractivity contribution is 1.02. The Morgan fingerprint density at radius 1 is 0.647 bits per heavy atom. The van der Waals surface area contributed by atoms with E-state index in [2.05, 4.69) is 74.5 Å². The smallest absolute Gasteiger partial charge is 0.000878 e. The third-order valence-corrected chi connectivity index (χ3v) is 4.77. The summed E-state index contributed by atoms with van der Waals surface area (Å²) in [5.74, 6) is 0. The van der Waals surface area contributed by atoms with Crippen molar-refractivity contribution in [2.75, 3.05) is 0 Å². The van der Waals surface area contributed by atoms with E-state index < -0.39 is 0 Å². The Labute approximate surface area is 106 Å². The molecule has 2 rings (SSSR count). The predicted molar refractivity (Wildman–Crippen MR) is 78.0 cm³/mol. The molecule has 2 atom stereocenters. The Balaban J connectivity index is 2.02. The molecule has 0 N–H and O–H groups in total. The van der Waals surface area contributed by atoms with E-state index in [1.165, 1.54) is 11.1 Å². The van der Waals surface area contributed by atoms with Gasteiger partial charge in [0.2, 0.25) is 0 Å². The molecule has 0 nitrogen and oxygen atoms in total. The van der Waals surface area contributed by atoms with Crippen molar-refractivity contribution >= 4 is 8.58 Å². The van der Waals surface area contributed by atoms with Crippen LogP contribution in [0.25, 0.3) is 0 Å². The van der Waals surface area contributed by atoms with Gasteiger partial charge in [-0.2, -0.15) is 0 Å². The molecule has 0 heterocycles. The van der Waals surface area contributed by atoms with Crippen LogP contribution in [0.15, 0.2) is 60.7 Å². The molecule has 0 aliphatic carbocycles. The van der Waals surface area contributed by atoms with E-state index in [1.807, 2.05) is 0 Å². The molecule has 2 unspecified atom stereocenters. The minimum atomic E-state index is 0.645. The molecule has 0 saturated carbocycles. The maximum atomic E-state index is 2.33. The monoisotopic (exact) mass is 242 g/mol. The van der Waals surface area contributed by atoms with Crippen LogP contribution in [0.1, 0.15) is 36.3 Å². The van der Waals surface area contributed by atoms with Gasteiger partial charge in [-0.05, 0) is 22.4 Å². The fraction of sp³-hybridized carbons (Fsp3) is 0.250. The lowest BCUT2D eigenvalue weighted by Gasteiger charge is -2.18. The van der Waals surface area contributed by atoms with Gasteiger partial charge in [0.15, 0.2) is 0 Å². The van der Waals surface area contributed by atoms with Gasteiger partial charge < -0.3 is 0 Å². The van der Waals surface area contributed by atoms with Crippen molar-refractivity contribution in [2.45, 2.75) is 25.2 Å². The van der Waals surface area contributed by atoms with E-state index in [0.29, 0.717) is 11.3 Å². The molecule has 0 saturated heterocycles. The molecule has 0 radical (unpaired) electrons. The Morgan fingerprint density at radius 3 is 1.35 bits per heavy atom. The molecular formula is C16H19P. The number of rotatable bonds is 4. The van der Waals surface area contributed by atoms with Gasteiger partial charge in [0.25, 0.3) is 0 Å². The molecule has 0 aliphatic heterocycles. The summed E-state index contributed by atoms with van der Waals surface area (Å²) in [6.07, 6.45) is 0. The molecule has 17 heavy (non-hydrogen) atoms. The normalized spacial score (nSPS) is 14.9. The van der Waals surface area contributed by atoms with Gasteiger partial charge in [-0.3, -0.25) is 0 Å². The van der Waals surface area contributed by atoms with Gasteiger partial charge in [-0.1, -0.05) is 74.5 Å². The molecule has 0 aromatic heterocycles. The van der Waals surface area contributed by atoms with Gasteiger partial charge >= 0.3 is 0 Å². The van der Waals surface area contributed by atoms with Crippen LogP contribution in [0.2, 0.25) is 0 Å². The standard InChI is InChI=1S/C16H19P/c1-13(15-9-5-3-6-10-15)17-14(2)16-11-7-4-8-12-16/h3-14,17H,1-2H3.